The average molecular weight is 443 g/mol. The third-order valence-corrected chi connectivity index (χ3v) is 5.07. The molecule has 0 aliphatic rings. The molecule has 4 rings (SSSR count). The third-order valence-electron chi connectivity index (χ3n) is 5.07. The van der Waals surface area contributed by atoms with Gasteiger partial charge in [-0.3, -0.25) is 14.2 Å². The number of para-hydroxylation sites is 2. The summed E-state index contributed by atoms with van der Waals surface area (Å²) in [5.74, 6) is -0.308. The minimum absolute atomic E-state index is 0.180. The highest BCUT2D eigenvalue weighted by molar-refractivity contribution is 5.97. The van der Waals surface area contributed by atoms with Crippen LogP contribution in [0.4, 0.5) is 5.69 Å². The lowest BCUT2D eigenvalue weighted by Gasteiger charge is -2.15. The number of nitrogens with one attached hydrogen (secondary N) is 1. The Morgan fingerprint density at radius 3 is 2.42 bits per heavy atom. The Kier molecular flexibility index (Phi) is 6.17. The normalized spacial score (nSPS) is 10.6. The van der Waals surface area contributed by atoms with Crippen molar-refractivity contribution < 1.29 is 19.1 Å². The molecule has 0 aliphatic heterocycles. The van der Waals surface area contributed by atoms with Gasteiger partial charge in [0.05, 0.1) is 48.5 Å². The van der Waals surface area contributed by atoms with Gasteiger partial charge >= 0.3 is 5.97 Å². The van der Waals surface area contributed by atoms with Crippen LogP contribution in [0.3, 0.4) is 0 Å². The summed E-state index contributed by atoms with van der Waals surface area (Å²) in [7, 11) is 2.74. The van der Waals surface area contributed by atoms with Gasteiger partial charge in [-0.2, -0.15) is 0 Å². The van der Waals surface area contributed by atoms with E-state index in [0.717, 1.165) is 0 Å². The van der Waals surface area contributed by atoms with Gasteiger partial charge in [0.15, 0.2) is 0 Å². The van der Waals surface area contributed by atoms with Crippen LogP contribution in [-0.4, -0.2) is 35.6 Å². The zero-order valence-corrected chi connectivity index (χ0v) is 18.1. The van der Waals surface area contributed by atoms with Crippen molar-refractivity contribution in [2.75, 3.05) is 19.5 Å². The summed E-state index contributed by atoms with van der Waals surface area (Å²) in [6.45, 7) is 0. The van der Waals surface area contributed by atoms with E-state index < -0.39 is 11.9 Å². The maximum atomic E-state index is 13.3. The molecule has 0 atom stereocenters. The van der Waals surface area contributed by atoms with Crippen LogP contribution < -0.4 is 15.6 Å². The van der Waals surface area contributed by atoms with E-state index in [1.54, 1.807) is 42.5 Å². The molecular formula is C25H21N3O5. The number of amides is 1. The van der Waals surface area contributed by atoms with Crippen LogP contribution in [0.2, 0.25) is 0 Å². The fourth-order valence-electron chi connectivity index (χ4n) is 3.53. The average Bonchev–Trinajstić information content (AvgIpc) is 2.84. The van der Waals surface area contributed by atoms with E-state index in [1.165, 1.54) is 30.9 Å². The molecule has 1 amide bonds. The third kappa shape index (κ3) is 4.45. The van der Waals surface area contributed by atoms with Gasteiger partial charge in [0.1, 0.15) is 11.6 Å². The Balaban J connectivity index is 1.73. The van der Waals surface area contributed by atoms with Crippen molar-refractivity contribution in [3.63, 3.8) is 0 Å². The van der Waals surface area contributed by atoms with Crippen LogP contribution in [0.1, 0.15) is 16.2 Å². The minimum atomic E-state index is -0.540. The predicted molar refractivity (Wildman–Crippen MR) is 124 cm³/mol. The van der Waals surface area contributed by atoms with Gasteiger partial charge in [-0.1, -0.05) is 30.3 Å². The molecular weight excluding hydrogens is 422 g/mol. The Morgan fingerprint density at radius 2 is 1.70 bits per heavy atom. The van der Waals surface area contributed by atoms with Crippen LogP contribution in [-0.2, 0) is 16.0 Å². The molecule has 8 heteroatoms. The first-order valence-electron chi connectivity index (χ1n) is 10.1. The molecule has 1 aromatic heterocycles. The molecule has 4 aromatic rings. The number of benzene rings is 3. The fourth-order valence-corrected chi connectivity index (χ4v) is 3.53. The van der Waals surface area contributed by atoms with Gasteiger partial charge in [0.2, 0.25) is 5.91 Å². The van der Waals surface area contributed by atoms with Gasteiger partial charge in [-0.15, -0.1) is 0 Å². The Bertz CT molecular complexity index is 1400. The van der Waals surface area contributed by atoms with Crippen LogP contribution in [0, 0.1) is 0 Å². The second-order valence-corrected chi connectivity index (χ2v) is 7.15. The lowest BCUT2D eigenvalue weighted by atomic mass is 10.1. The van der Waals surface area contributed by atoms with Gasteiger partial charge < -0.3 is 14.8 Å². The lowest BCUT2D eigenvalue weighted by molar-refractivity contribution is -0.115. The molecule has 0 bridgehead atoms. The summed E-state index contributed by atoms with van der Waals surface area (Å²) in [4.78, 5) is 42.7. The van der Waals surface area contributed by atoms with Gasteiger partial charge in [0.25, 0.3) is 5.56 Å². The highest BCUT2D eigenvalue weighted by Crippen LogP contribution is 2.26. The monoisotopic (exact) mass is 443 g/mol. The molecule has 0 radical (unpaired) electrons. The number of hydrogen-bond acceptors (Lipinski definition) is 6. The molecule has 166 valence electrons. The van der Waals surface area contributed by atoms with Crippen molar-refractivity contribution in [1.82, 2.24) is 9.55 Å². The Morgan fingerprint density at radius 1 is 0.970 bits per heavy atom. The number of rotatable bonds is 6. The van der Waals surface area contributed by atoms with Crippen molar-refractivity contribution >= 4 is 28.5 Å². The van der Waals surface area contributed by atoms with Crippen LogP contribution in [0.25, 0.3) is 16.6 Å². The zero-order valence-electron chi connectivity index (χ0n) is 18.1. The standard InChI is InChI=1S/C25H21N3O5/c1-32-21-13-12-16(25(31)33-2)14-20(21)27-23(29)15-22-26-19-11-7-6-10-18(19)24(30)28(22)17-8-4-3-5-9-17/h3-14H,15H2,1-2H3,(H,27,29). The van der Waals surface area contributed by atoms with Gasteiger partial charge in [0, 0.05) is 0 Å². The molecule has 0 fully saturated rings. The molecule has 0 unspecified atom stereocenters. The summed E-state index contributed by atoms with van der Waals surface area (Å²) in [5, 5.41) is 3.20. The largest absolute Gasteiger partial charge is 0.495 e. The number of aromatic nitrogens is 2. The lowest BCUT2D eigenvalue weighted by Crippen LogP contribution is -2.27. The molecule has 8 nitrogen and oxygen atoms in total. The van der Waals surface area contributed by atoms with Crippen LogP contribution >= 0.6 is 0 Å². The predicted octanol–water partition coefficient (Wildman–Crippen LogP) is 3.36. The molecule has 1 heterocycles. The first kappa shape index (κ1) is 21.8. The number of esters is 1. The number of hydrogen-bond donors (Lipinski definition) is 1. The molecule has 33 heavy (non-hydrogen) atoms. The molecule has 1 N–H and O–H groups in total. The van der Waals surface area contributed by atoms with Crippen molar-refractivity contribution in [2.45, 2.75) is 6.42 Å². The van der Waals surface area contributed by atoms with Crippen LogP contribution in [0.15, 0.2) is 77.6 Å². The quantitative estimate of drug-likeness (QED) is 0.459. The second-order valence-electron chi connectivity index (χ2n) is 7.15. The SMILES string of the molecule is COC(=O)c1ccc(OC)c(NC(=O)Cc2nc3ccccc3c(=O)n2-c2ccccc2)c1. The number of nitrogens with zero attached hydrogens (tertiary/aromatic N) is 2. The summed E-state index contributed by atoms with van der Waals surface area (Å²) in [6.07, 6.45) is -0.180. The van der Waals surface area contributed by atoms with E-state index in [4.69, 9.17) is 9.47 Å². The number of ether oxygens (including phenoxy) is 2. The molecule has 0 spiro atoms. The van der Waals surface area contributed by atoms with E-state index in [-0.39, 0.29) is 23.4 Å². The summed E-state index contributed by atoms with van der Waals surface area (Å²) < 4.78 is 11.5. The summed E-state index contributed by atoms with van der Waals surface area (Å²) >= 11 is 0. The summed E-state index contributed by atoms with van der Waals surface area (Å²) in [5.41, 5.74) is 1.41. The van der Waals surface area contributed by atoms with E-state index in [2.05, 4.69) is 10.3 Å². The van der Waals surface area contributed by atoms with E-state index in [1.807, 2.05) is 18.2 Å². The zero-order chi connectivity index (χ0) is 23.4. The number of methoxy groups -OCH3 is 2. The minimum Gasteiger partial charge on any atom is -0.495 e. The topological polar surface area (TPSA) is 99.5 Å². The second kappa shape index (κ2) is 9.35. The maximum Gasteiger partial charge on any atom is 0.337 e. The molecule has 0 aliphatic carbocycles. The first-order valence-corrected chi connectivity index (χ1v) is 10.1. The number of fused-ring (bicyclic) bond motifs is 1. The van der Waals surface area contributed by atoms with Crippen molar-refractivity contribution in [3.8, 4) is 11.4 Å². The fraction of sp³-hybridized carbons (Fsp3) is 0.120. The molecule has 0 saturated carbocycles. The van der Waals surface area contributed by atoms with Crippen molar-refractivity contribution in [1.29, 1.82) is 0 Å². The Hall–Kier alpha value is -4.46. The number of carbonyl (C=O) groups is 2. The van der Waals surface area contributed by atoms with E-state index in [9.17, 15) is 14.4 Å². The highest BCUT2D eigenvalue weighted by atomic mass is 16.5. The maximum absolute atomic E-state index is 13.3. The van der Waals surface area contributed by atoms with Gasteiger partial charge in [-0.25, -0.2) is 9.78 Å². The highest BCUT2D eigenvalue weighted by Gasteiger charge is 2.18. The molecule has 3 aromatic carbocycles. The summed E-state index contributed by atoms with van der Waals surface area (Å²) in [6, 6.07) is 20.6. The van der Waals surface area contributed by atoms with E-state index in [0.29, 0.717) is 28.0 Å². The number of anilines is 1. The van der Waals surface area contributed by atoms with Crippen LogP contribution in [0.5, 0.6) is 5.75 Å². The Labute approximate surface area is 189 Å². The van der Waals surface area contributed by atoms with Crippen molar-refractivity contribution in [2.24, 2.45) is 0 Å². The van der Waals surface area contributed by atoms with Gasteiger partial charge in [-0.05, 0) is 42.5 Å². The smallest absolute Gasteiger partial charge is 0.337 e. The first-order chi connectivity index (χ1) is 16.0. The van der Waals surface area contributed by atoms with Crippen molar-refractivity contribution in [3.05, 3.63) is 94.5 Å². The van der Waals surface area contributed by atoms with E-state index >= 15 is 0 Å². The number of carbonyl (C=O) groups excluding carboxylic acids is 2. The molecule has 0 saturated heterocycles.